The molecule has 0 aliphatic carbocycles. The van der Waals surface area contributed by atoms with Gasteiger partial charge >= 0.3 is 0 Å². The lowest BCUT2D eigenvalue weighted by molar-refractivity contribution is -0.117. The van der Waals surface area contributed by atoms with E-state index >= 15 is 0 Å². The van der Waals surface area contributed by atoms with E-state index in [1.165, 1.54) is 0 Å². The number of hydrogen-bond acceptors (Lipinski definition) is 3. The Kier molecular flexibility index (Phi) is 5.27. The smallest absolute Gasteiger partial charge is 0.227 e. The third-order valence-electron chi connectivity index (χ3n) is 5.35. The highest BCUT2D eigenvalue weighted by Crippen LogP contribution is 2.37. The number of methoxy groups -OCH3 is 1. The third-order valence-corrected chi connectivity index (χ3v) is 5.67. The summed E-state index contributed by atoms with van der Waals surface area (Å²) in [6.45, 7) is 3.67. The fourth-order valence-corrected chi connectivity index (χ4v) is 4.12. The van der Waals surface area contributed by atoms with Crippen molar-refractivity contribution < 1.29 is 9.53 Å². The predicted molar refractivity (Wildman–Crippen MR) is 112 cm³/mol. The number of imidazole rings is 1. The molecule has 28 heavy (non-hydrogen) atoms. The highest BCUT2D eigenvalue weighted by Gasteiger charge is 2.35. The van der Waals surface area contributed by atoms with Crippen molar-refractivity contribution >= 4 is 34.2 Å². The summed E-state index contributed by atoms with van der Waals surface area (Å²) in [5.41, 5.74) is 2.82. The molecule has 1 aliphatic rings. The van der Waals surface area contributed by atoms with Crippen molar-refractivity contribution in [2.45, 2.75) is 38.6 Å². The van der Waals surface area contributed by atoms with E-state index in [-0.39, 0.29) is 11.8 Å². The van der Waals surface area contributed by atoms with Crippen molar-refractivity contribution in [1.82, 2.24) is 9.55 Å². The van der Waals surface area contributed by atoms with Crippen LogP contribution in [0.15, 0.2) is 42.5 Å². The zero-order chi connectivity index (χ0) is 19.7. The number of aromatic nitrogens is 2. The lowest BCUT2D eigenvalue weighted by Crippen LogP contribution is -2.25. The Morgan fingerprint density at radius 3 is 2.86 bits per heavy atom. The first-order valence-corrected chi connectivity index (χ1v) is 10.1. The molecule has 0 saturated carbocycles. The van der Waals surface area contributed by atoms with Crippen LogP contribution in [0, 0.1) is 0 Å². The Balaban J connectivity index is 1.69. The summed E-state index contributed by atoms with van der Waals surface area (Å²) in [6, 6.07) is 13.6. The van der Waals surface area contributed by atoms with Gasteiger partial charge < -0.3 is 14.2 Å². The van der Waals surface area contributed by atoms with Crippen molar-refractivity contribution in [2.24, 2.45) is 0 Å². The molecule has 0 unspecified atom stereocenters. The average molecular weight is 398 g/mol. The van der Waals surface area contributed by atoms with Gasteiger partial charge in [0.05, 0.1) is 28.9 Å². The van der Waals surface area contributed by atoms with E-state index in [9.17, 15) is 4.79 Å². The van der Waals surface area contributed by atoms with Crippen molar-refractivity contribution in [3.05, 3.63) is 53.3 Å². The first kappa shape index (κ1) is 18.8. The van der Waals surface area contributed by atoms with Crippen LogP contribution in [0.5, 0.6) is 5.75 Å². The second-order valence-corrected chi connectivity index (χ2v) is 7.59. The van der Waals surface area contributed by atoms with Crippen LogP contribution in [0.4, 0.5) is 5.69 Å². The normalized spacial score (nSPS) is 16.9. The standard InChI is InChI=1S/C22H24ClN3O2/c1-3-4-11-25-19-8-6-5-7-18(19)24-22(25)15-12-21(27)26(14-15)20-13-16(28-2)9-10-17(20)23/h5-10,13,15H,3-4,11-12,14H2,1-2H3/t15-/m0/s1. The number of nitrogens with zero attached hydrogens (tertiary/aromatic N) is 3. The number of carbonyl (C=O) groups is 1. The fraction of sp³-hybridized carbons (Fsp3) is 0.364. The highest BCUT2D eigenvalue weighted by atomic mass is 35.5. The lowest BCUT2D eigenvalue weighted by Gasteiger charge is -2.19. The molecule has 0 bridgehead atoms. The van der Waals surface area contributed by atoms with Crippen LogP contribution in [0.3, 0.4) is 0 Å². The van der Waals surface area contributed by atoms with Crippen LogP contribution in [0.25, 0.3) is 11.0 Å². The second-order valence-electron chi connectivity index (χ2n) is 7.19. The van der Waals surface area contributed by atoms with Gasteiger partial charge in [-0.2, -0.15) is 0 Å². The Morgan fingerprint density at radius 1 is 1.25 bits per heavy atom. The first-order chi connectivity index (χ1) is 13.6. The Bertz CT molecular complexity index is 1010. The number of anilines is 1. The molecule has 4 rings (SSSR count). The number of ether oxygens (including phenoxy) is 1. The van der Waals surface area contributed by atoms with E-state index in [1.807, 2.05) is 24.3 Å². The molecular formula is C22H24ClN3O2. The number of rotatable bonds is 6. The third kappa shape index (κ3) is 3.35. The highest BCUT2D eigenvalue weighted by molar-refractivity contribution is 6.34. The predicted octanol–water partition coefficient (Wildman–Crippen LogP) is 5.02. The minimum absolute atomic E-state index is 0.0408. The van der Waals surface area contributed by atoms with Crippen LogP contribution >= 0.6 is 11.6 Å². The van der Waals surface area contributed by atoms with Crippen molar-refractivity contribution in [3.63, 3.8) is 0 Å². The molecular weight excluding hydrogens is 374 g/mol. The summed E-state index contributed by atoms with van der Waals surface area (Å²) in [5.74, 6) is 1.78. The van der Waals surface area contributed by atoms with E-state index in [1.54, 1.807) is 24.1 Å². The van der Waals surface area contributed by atoms with Crippen LogP contribution in [0.1, 0.15) is 37.9 Å². The average Bonchev–Trinajstić information content (AvgIpc) is 3.27. The number of halogens is 1. The van der Waals surface area contributed by atoms with Gasteiger partial charge in [0.2, 0.25) is 5.91 Å². The number of amides is 1. The first-order valence-electron chi connectivity index (χ1n) is 9.71. The zero-order valence-corrected chi connectivity index (χ0v) is 16.9. The van der Waals surface area contributed by atoms with Gasteiger partial charge in [-0.25, -0.2) is 4.98 Å². The molecule has 0 spiro atoms. The van der Waals surface area contributed by atoms with E-state index in [0.29, 0.717) is 29.4 Å². The molecule has 1 aromatic heterocycles. The van der Waals surface area contributed by atoms with Gasteiger partial charge in [0.1, 0.15) is 11.6 Å². The molecule has 6 heteroatoms. The van der Waals surface area contributed by atoms with Gasteiger partial charge in [0, 0.05) is 31.5 Å². The topological polar surface area (TPSA) is 47.4 Å². The number of fused-ring (bicyclic) bond motifs is 1. The van der Waals surface area contributed by atoms with Crippen LogP contribution < -0.4 is 9.64 Å². The molecule has 3 aromatic rings. The Labute approximate surface area is 169 Å². The molecule has 1 fully saturated rings. The molecule has 1 aliphatic heterocycles. The van der Waals surface area contributed by atoms with Crippen molar-refractivity contribution in [3.8, 4) is 5.75 Å². The molecule has 5 nitrogen and oxygen atoms in total. The van der Waals surface area contributed by atoms with Crippen LogP contribution in [0.2, 0.25) is 5.02 Å². The summed E-state index contributed by atoms with van der Waals surface area (Å²) >= 11 is 6.39. The Hall–Kier alpha value is -2.53. The van der Waals surface area contributed by atoms with Gasteiger partial charge in [-0.15, -0.1) is 0 Å². The number of carbonyl (C=O) groups excluding carboxylic acids is 1. The molecule has 1 atom stereocenters. The SMILES string of the molecule is CCCCn1c([C@H]2CC(=O)N(c3cc(OC)ccc3Cl)C2)nc2ccccc21. The van der Waals surface area contributed by atoms with E-state index in [2.05, 4.69) is 17.6 Å². The maximum atomic E-state index is 12.8. The summed E-state index contributed by atoms with van der Waals surface area (Å²) < 4.78 is 7.59. The number of hydrogen-bond donors (Lipinski definition) is 0. The molecule has 2 heterocycles. The summed E-state index contributed by atoms with van der Waals surface area (Å²) in [4.78, 5) is 19.5. The van der Waals surface area contributed by atoms with E-state index < -0.39 is 0 Å². The second kappa shape index (κ2) is 7.84. The van der Waals surface area contributed by atoms with Gasteiger partial charge in [-0.05, 0) is 30.7 Å². The zero-order valence-electron chi connectivity index (χ0n) is 16.2. The molecule has 0 radical (unpaired) electrons. The largest absolute Gasteiger partial charge is 0.497 e. The van der Waals surface area contributed by atoms with Gasteiger partial charge in [0.15, 0.2) is 0 Å². The van der Waals surface area contributed by atoms with Gasteiger partial charge in [-0.1, -0.05) is 37.1 Å². The van der Waals surface area contributed by atoms with E-state index in [0.717, 1.165) is 36.2 Å². The van der Waals surface area contributed by atoms with Crippen LogP contribution in [-0.2, 0) is 11.3 Å². The van der Waals surface area contributed by atoms with Gasteiger partial charge in [-0.3, -0.25) is 4.79 Å². The summed E-state index contributed by atoms with van der Waals surface area (Å²) in [7, 11) is 1.61. The monoisotopic (exact) mass is 397 g/mol. The molecule has 146 valence electrons. The number of aryl methyl sites for hydroxylation is 1. The lowest BCUT2D eigenvalue weighted by atomic mass is 10.1. The summed E-state index contributed by atoms with van der Waals surface area (Å²) in [6.07, 6.45) is 2.63. The molecule has 1 amide bonds. The number of para-hydroxylation sites is 2. The minimum Gasteiger partial charge on any atom is -0.497 e. The number of unbranched alkanes of at least 4 members (excludes halogenated alkanes) is 1. The maximum absolute atomic E-state index is 12.8. The van der Waals surface area contributed by atoms with Crippen molar-refractivity contribution in [1.29, 1.82) is 0 Å². The van der Waals surface area contributed by atoms with Gasteiger partial charge in [0.25, 0.3) is 0 Å². The summed E-state index contributed by atoms with van der Waals surface area (Å²) in [5, 5.41) is 0.550. The maximum Gasteiger partial charge on any atom is 0.227 e. The van der Waals surface area contributed by atoms with E-state index in [4.69, 9.17) is 21.3 Å². The molecule has 1 saturated heterocycles. The quantitative estimate of drug-likeness (QED) is 0.586. The fourth-order valence-electron chi connectivity index (χ4n) is 3.90. The molecule has 0 N–H and O–H groups in total. The van der Waals surface area contributed by atoms with Crippen LogP contribution in [-0.4, -0.2) is 29.1 Å². The minimum atomic E-state index is 0.0408. The Morgan fingerprint density at radius 2 is 2.07 bits per heavy atom. The number of benzene rings is 2. The van der Waals surface area contributed by atoms with Crippen molar-refractivity contribution in [2.75, 3.05) is 18.6 Å². The molecule has 2 aromatic carbocycles.